The number of rotatable bonds is 2. The van der Waals surface area contributed by atoms with Gasteiger partial charge in [0.05, 0.1) is 0 Å². The van der Waals surface area contributed by atoms with E-state index in [9.17, 15) is 4.21 Å². The van der Waals surface area contributed by atoms with Gasteiger partial charge >= 0.3 is 0 Å². The number of nitrogens with two attached hydrogens (primary N) is 1. The van der Waals surface area contributed by atoms with E-state index in [0.29, 0.717) is 12.6 Å². The summed E-state index contributed by atoms with van der Waals surface area (Å²) in [6.07, 6.45) is 0. The van der Waals surface area contributed by atoms with Crippen LogP contribution in [-0.2, 0) is 10.8 Å². The van der Waals surface area contributed by atoms with Crippen LogP contribution in [0.1, 0.15) is 20.8 Å². The van der Waals surface area contributed by atoms with Crippen LogP contribution in [0.15, 0.2) is 0 Å². The van der Waals surface area contributed by atoms with Crippen LogP contribution in [0.2, 0.25) is 0 Å². The Labute approximate surface area is 89.5 Å². The third-order valence-corrected chi connectivity index (χ3v) is 4.15. The summed E-state index contributed by atoms with van der Waals surface area (Å²) in [5.41, 5.74) is 6.02. The molecule has 1 aliphatic heterocycles. The maximum atomic E-state index is 11.2. The van der Waals surface area contributed by atoms with Gasteiger partial charge in [-0.3, -0.25) is 9.11 Å². The van der Waals surface area contributed by atoms with E-state index in [0.717, 1.165) is 24.6 Å². The lowest BCUT2D eigenvalue weighted by molar-refractivity contribution is 0.115. The monoisotopic (exact) mass is 218 g/mol. The van der Waals surface area contributed by atoms with Gasteiger partial charge in [-0.15, -0.1) is 0 Å². The predicted octanol–water partition coefficient (Wildman–Crippen LogP) is 0.424. The average Bonchev–Trinajstić information content (AvgIpc) is 2.07. The minimum absolute atomic E-state index is 0.216. The Morgan fingerprint density at radius 1 is 1.36 bits per heavy atom. The average molecular weight is 218 g/mol. The normalized spacial score (nSPS) is 23.7. The number of hydrogen-bond acceptors (Lipinski definition) is 3. The van der Waals surface area contributed by atoms with Crippen LogP contribution in [0.3, 0.4) is 0 Å². The van der Waals surface area contributed by atoms with Gasteiger partial charge in [0, 0.05) is 48.0 Å². The second-order valence-electron chi connectivity index (χ2n) is 5.00. The molecule has 0 bridgehead atoms. The quantitative estimate of drug-likeness (QED) is 0.731. The van der Waals surface area contributed by atoms with Crippen LogP contribution in [0.5, 0.6) is 0 Å². The Hall–Kier alpha value is 0.0700. The van der Waals surface area contributed by atoms with Crippen molar-refractivity contribution in [3.8, 4) is 0 Å². The predicted molar refractivity (Wildman–Crippen MR) is 61.7 cm³/mol. The highest BCUT2D eigenvalue weighted by Gasteiger charge is 2.30. The molecule has 0 saturated carbocycles. The number of nitrogens with zero attached hydrogens (tertiary/aromatic N) is 1. The topological polar surface area (TPSA) is 46.3 Å². The zero-order valence-corrected chi connectivity index (χ0v) is 10.3. The van der Waals surface area contributed by atoms with Crippen molar-refractivity contribution in [1.82, 2.24) is 4.90 Å². The molecule has 84 valence electrons. The molecule has 4 heteroatoms. The molecule has 0 aromatic carbocycles. The summed E-state index contributed by atoms with van der Waals surface area (Å²) in [5.74, 6) is 1.62. The summed E-state index contributed by atoms with van der Waals surface area (Å²) < 4.78 is 11.2. The summed E-state index contributed by atoms with van der Waals surface area (Å²) in [7, 11) is -0.589. The maximum absolute atomic E-state index is 11.2. The summed E-state index contributed by atoms with van der Waals surface area (Å²) in [4.78, 5) is 2.39. The highest BCUT2D eigenvalue weighted by molar-refractivity contribution is 7.85. The molecular formula is C10H22N2OS. The molecule has 0 radical (unpaired) electrons. The fourth-order valence-corrected chi connectivity index (χ4v) is 3.09. The molecule has 1 atom stereocenters. The Kier molecular flexibility index (Phi) is 4.10. The van der Waals surface area contributed by atoms with Crippen molar-refractivity contribution in [3.63, 3.8) is 0 Å². The van der Waals surface area contributed by atoms with Crippen molar-refractivity contribution in [2.24, 2.45) is 11.1 Å². The minimum atomic E-state index is -0.589. The van der Waals surface area contributed by atoms with Crippen molar-refractivity contribution in [2.75, 3.05) is 31.1 Å². The maximum Gasteiger partial charge on any atom is 0.0363 e. The van der Waals surface area contributed by atoms with Crippen LogP contribution in [0.4, 0.5) is 0 Å². The highest BCUT2D eigenvalue weighted by atomic mass is 32.2. The van der Waals surface area contributed by atoms with Crippen molar-refractivity contribution in [2.45, 2.75) is 26.8 Å². The zero-order chi connectivity index (χ0) is 10.8. The molecule has 1 heterocycles. The van der Waals surface area contributed by atoms with Crippen LogP contribution in [-0.4, -0.2) is 46.3 Å². The molecule has 1 unspecified atom stereocenters. The first-order chi connectivity index (χ1) is 6.45. The largest absolute Gasteiger partial charge is 0.329 e. The van der Waals surface area contributed by atoms with Crippen LogP contribution < -0.4 is 5.73 Å². The lowest BCUT2D eigenvalue weighted by Crippen LogP contribution is -2.53. The Morgan fingerprint density at radius 3 is 2.21 bits per heavy atom. The Balaban J connectivity index is 2.58. The van der Waals surface area contributed by atoms with Gasteiger partial charge < -0.3 is 5.73 Å². The molecule has 1 aliphatic rings. The second kappa shape index (κ2) is 4.73. The van der Waals surface area contributed by atoms with Gasteiger partial charge in [0.25, 0.3) is 0 Å². The van der Waals surface area contributed by atoms with Crippen molar-refractivity contribution >= 4 is 10.8 Å². The molecule has 0 spiro atoms. The van der Waals surface area contributed by atoms with Gasteiger partial charge in [0.15, 0.2) is 0 Å². The fourth-order valence-electron chi connectivity index (χ4n) is 2.01. The highest BCUT2D eigenvalue weighted by Crippen LogP contribution is 2.24. The molecule has 14 heavy (non-hydrogen) atoms. The van der Waals surface area contributed by atoms with E-state index in [-0.39, 0.29) is 5.41 Å². The van der Waals surface area contributed by atoms with Gasteiger partial charge in [-0.05, 0) is 5.41 Å². The van der Waals surface area contributed by atoms with Crippen molar-refractivity contribution in [1.29, 1.82) is 0 Å². The lowest BCUT2D eigenvalue weighted by Gasteiger charge is -2.41. The molecule has 1 rings (SSSR count). The molecule has 1 fully saturated rings. The van der Waals surface area contributed by atoms with Gasteiger partial charge in [0.2, 0.25) is 0 Å². The van der Waals surface area contributed by atoms with Gasteiger partial charge in [-0.1, -0.05) is 20.8 Å². The summed E-state index contributed by atoms with van der Waals surface area (Å²) in [6, 6.07) is 0.416. The molecule has 3 nitrogen and oxygen atoms in total. The lowest BCUT2D eigenvalue weighted by atomic mass is 9.85. The summed E-state index contributed by atoms with van der Waals surface area (Å²) >= 11 is 0. The minimum Gasteiger partial charge on any atom is -0.329 e. The smallest absolute Gasteiger partial charge is 0.0363 e. The Bertz CT molecular complexity index is 203. The summed E-state index contributed by atoms with van der Waals surface area (Å²) in [6.45, 7) is 9.22. The van der Waals surface area contributed by atoms with E-state index in [1.807, 2.05) is 0 Å². The van der Waals surface area contributed by atoms with Gasteiger partial charge in [0.1, 0.15) is 0 Å². The number of hydrogen-bond donors (Lipinski definition) is 1. The van der Waals surface area contributed by atoms with Crippen LogP contribution in [0, 0.1) is 5.41 Å². The van der Waals surface area contributed by atoms with Crippen molar-refractivity contribution < 1.29 is 4.21 Å². The van der Waals surface area contributed by atoms with E-state index in [4.69, 9.17) is 5.73 Å². The standard InChI is InChI=1S/C10H22N2OS/c1-10(2,3)9(8-11)12-4-6-14(13)7-5-12/h9H,4-8,11H2,1-3H3. The molecule has 0 aliphatic carbocycles. The first-order valence-corrected chi connectivity index (χ1v) is 6.73. The van der Waals surface area contributed by atoms with Crippen LogP contribution >= 0.6 is 0 Å². The SMILES string of the molecule is CC(C)(C)C(CN)N1CCS(=O)CC1. The zero-order valence-electron chi connectivity index (χ0n) is 9.45. The first-order valence-electron chi connectivity index (χ1n) is 5.24. The summed E-state index contributed by atoms with van der Waals surface area (Å²) in [5, 5.41) is 0. The molecule has 0 aromatic rings. The molecule has 2 N–H and O–H groups in total. The van der Waals surface area contributed by atoms with Gasteiger partial charge in [-0.2, -0.15) is 0 Å². The fraction of sp³-hybridized carbons (Fsp3) is 1.00. The third kappa shape index (κ3) is 3.04. The van der Waals surface area contributed by atoms with E-state index in [1.54, 1.807) is 0 Å². The molecular weight excluding hydrogens is 196 g/mol. The third-order valence-electron chi connectivity index (χ3n) is 2.88. The van der Waals surface area contributed by atoms with E-state index in [2.05, 4.69) is 25.7 Å². The molecule has 0 amide bonds. The second-order valence-corrected chi connectivity index (χ2v) is 6.70. The van der Waals surface area contributed by atoms with Crippen molar-refractivity contribution in [3.05, 3.63) is 0 Å². The Morgan fingerprint density at radius 2 is 1.86 bits per heavy atom. The van der Waals surface area contributed by atoms with E-state index >= 15 is 0 Å². The van der Waals surface area contributed by atoms with E-state index in [1.165, 1.54) is 0 Å². The van der Waals surface area contributed by atoms with Gasteiger partial charge in [-0.25, -0.2) is 0 Å². The van der Waals surface area contributed by atoms with Crippen LogP contribution in [0.25, 0.3) is 0 Å². The van der Waals surface area contributed by atoms with E-state index < -0.39 is 10.8 Å². The first kappa shape index (κ1) is 12.1. The molecule has 0 aromatic heterocycles. The molecule has 1 saturated heterocycles.